The van der Waals surface area contributed by atoms with Gasteiger partial charge in [-0.3, -0.25) is 14.9 Å². The van der Waals surface area contributed by atoms with E-state index in [4.69, 9.17) is 14.7 Å². The lowest BCUT2D eigenvalue weighted by molar-refractivity contribution is -0.385. The van der Waals surface area contributed by atoms with Crippen LogP contribution >= 0.6 is 0 Å². The molecule has 1 unspecified atom stereocenters. The smallest absolute Gasteiger partial charge is 0.413 e. The van der Waals surface area contributed by atoms with Crippen molar-refractivity contribution < 1.29 is 24.0 Å². The lowest BCUT2D eigenvalue weighted by Gasteiger charge is -2.23. The van der Waals surface area contributed by atoms with Crippen LogP contribution < -0.4 is 20.1 Å². The van der Waals surface area contributed by atoms with E-state index in [1.807, 2.05) is 6.07 Å². The number of nitro groups is 1. The predicted octanol–water partition coefficient (Wildman–Crippen LogP) is 3.16. The van der Waals surface area contributed by atoms with Crippen molar-refractivity contribution in [2.75, 3.05) is 6.61 Å². The Morgan fingerprint density at radius 1 is 1.09 bits per heavy atom. The quantitative estimate of drug-likeness (QED) is 0.450. The maximum atomic E-state index is 12.7. The molecule has 2 atom stereocenters. The third-order valence-electron chi connectivity index (χ3n) is 4.36. The molecule has 2 amide bonds. The van der Waals surface area contributed by atoms with Crippen molar-refractivity contribution in [1.82, 2.24) is 10.6 Å². The van der Waals surface area contributed by atoms with Gasteiger partial charge in [-0.15, -0.1) is 0 Å². The highest BCUT2D eigenvalue weighted by Crippen LogP contribution is 2.25. The zero-order valence-corrected chi connectivity index (χ0v) is 17.9. The van der Waals surface area contributed by atoms with E-state index in [0.29, 0.717) is 11.3 Å². The molecule has 10 heteroatoms. The summed E-state index contributed by atoms with van der Waals surface area (Å²) < 4.78 is 10.7. The Morgan fingerprint density at radius 2 is 1.75 bits per heavy atom. The molecular formula is C22H24N4O6. The molecule has 0 aromatic heterocycles. The third kappa shape index (κ3) is 6.98. The molecule has 2 aromatic carbocycles. The van der Waals surface area contributed by atoms with E-state index in [9.17, 15) is 19.7 Å². The van der Waals surface area contributed by atoms with Crippen molar-refractivity contribution in [2.45, 2.75) is 32.9 Å². The van der Waals surface area contributed by atoms with Gasteiger partial charge in [-0.25, -0.2) is 4.79 Å². The largest absolute Gasteiger partial charge is 0.491 e. The van der Waals surface area contributed by atoms with Crippen LogP contribution in [0.2, 0.25) is 0 Å². The Labute approximate surface area is 185 Å². The number of nitro benzene ring substituents is 1. The maximum absolute atomic E-state index is 12.7. The second-order valence-electron chi connectivity index (χ2n) is 7.34. The zero-order valence-electron chi connectivity index (χ0n) is 17.9. The summed E-state index contributed by atoms with van der Waals surface area (Å²) >= 11 is 0. The van der Waals surface area contributed by atoms with Gasteiger partial charge in [0.15, 0.2) is 0 Å². The van der Waals surface area contributed by atoms with Gasteiger partial charge in [-0.2, -0.15) is 5.26 Å². The fourth-order valence-corrected chi connectivity index (χ4v) is 2.71. The monoisotopic (exact) mass is 440 g/mol. The van der Waals surface area contributed by atoms with Crippen molar-refractivity contribution in [1.29, 1.82) is 5.26 Å². The number of hydrogen-bond donors (Lipinski definition) is 2. The number of hydrogen-bond acceptors (Lipinski definition) is 7. The first kappa shape index (κ1) is 24.1. The van der Waals surface area contributed by atoms with Crippen LogP contribution in [0.25, 0.3) is 0 Å². The number of nitrogens with zero attached hydrogens (tertiary/aromatic N) is 2. The zero-order chi connectivity index (χ0) is 23.7. The second kappa shape index (κ2) is 11.3. The first-order valence-corrected chi connectivity index (χ1v) is 9.86. The van der Waals surface area contributed by atoms with Gasteiger partial charge in [0, 0.05) is 6.07 Å². The van der Waals surface area contributed by atoms with Gasteiger partial charge in [0.05, 0.1) is 22.6 Å². The van der Waals surface area contributed by atoms with Crippen LogP contribution in [0.3, 0.4) is 0 Å². The van der Waals surface area contributed by atoms with Crippen LogP contribution in [0.5, 0.6) is 11.5 Å². The lowest BCUT2D eigenvalue weighted by Crippen LogP contribution is -2.53. The lowest BCUT2D eigenvalue weighted by atomic mass is 10.0. The third-order valence-corrected chi connectivity index (χ3v) is 4.36. The number of carbonyl (C=O) groups is 2. The highest BCUT2D eigenvalue weighted by molar-refractivity contribution is 5.86. The van der Waals surface area contributed by atoms with Crippen molar-refractivity contribution >= 4 is 17.7 Å². The van der Waals surface area contributed by atoms with Crippen LogP contribution in [0.4, 0.5) is 10.5 Å². The summed E-state index contributed by atoms with van der Waals surface area (Å²) in [5.41, 5.74) is 0.152. The molecule has 0 saturated heterocycles. The van der Waals surface area contributed by atoms with Gasteiger partial charge < -0.3 is 20.1 Å². The molecule has 2 N–H and O–H groups in total. The van der Waals surface area contributed by atoms with Crippen molar-refractivity contribution in [3.63, 3.8) is 0 Å². The Kier molecular flexibility index (Phi) is 8.53. The minimum atomic E-state index is -0.977. The number of para-hydroxylation sites is 2. The number of rotatable bonds is 9. The van der Waals surface area contributed by atoms with E-state index in [0.717, 1.165) is 0 Å². The van der Waals surface area contributed by atoms with Gasteiger partial charge in [-0.05, 0) is 43.2 Å². The molecule has 0 radical (unpaired) electrons. The number of nitrogens with one attached hydrogen (secondary N) is 2. The SMILES string of the molecule is CC(COc1ccc(C#N)cc1)NC(=O)[C@@H](NC(=O)Oc1ccccc1[N+](=O)[O-])C(C)C. The maximum Gasteiger partial charge on any atom is 0.413 e. The fourth-order valence-electron chi connectivity index (χ4n) is 2.71. The molecule has 2 rings (SSSR count). The van der Waals surface area contributed by atoms with Gasteiger partial charge in [0.25, 0.3) is 0 Å². The normalized spacial score (nSPS) is 12.2. The summed E-state index contributed by atoms with van der Waals surface area (Å²) in [4.78, 5) is 35.3. The topological polar surface area (TPSA) is 144 Å². The molecule has 32 heavy (non-hydrogen) atoms. The summed E-state index contributed by atoms with van der Waals surface area (Å²) in [6.07, 6.45) is -0.977. The predicted molar refractivity (Wildman–Crippen MR) is 115 cm³/mol. The van der Waals surface area contributed by atoms with Crippen LogP contribution in [0.15, 0.2) is 48.5 Å². The summed E-state index contributed by atoms with van der Waals surface area (Å²) in [6, 6.07) is 12.7. The Bertz CT molecular complexity index is 1000. The van der Waals surface area contributed by atoms with Crippen LogP contribution in [-0.4, -0.2) is 35.6 Å². The van der Waals surface area contributed by atoms with E-state index >= 15 is 0 Å². The standard InChI is InChI=1S/C22H24N4O6/c1-14(2)20(25-22(28)32-19-7-5-4-6-18(19)26(29)30)21(27)24-15(3)13-31-17-10-8-16(12-23)9-11-17/h4-11,14-15,20H,13H2,1-3H3,(H,24,27)(H,25,28)/t15?,20-/m0/s1. The van der Waals surface area contributed by atoms with E-state index in [2.05, 4.69) is 10.6 Å². The first-order chi connectivity index (χ1) is 15.2. The molecule has 2 aromatic rings. The number of benzene rings is 2. The molecule has 0 saturated carbocycles. The molecule has 0 fully saturated rings. The second-order valence-corrected chi connectivity index (χ2v) is 7.34. The molecule has 0 heterocycles. The fraction of sp³-hybridized carbons (Fsp3) is 0.318. The molecule has 0 aliphatic carbocycles. The number of ether oxygens (including phenoxy) is 2. The van der Waals surface area contributed by atoms with E-state index in [-0.39, 0.29) is 30.0 Å². The summed E-state index contributed by atoms with van der Waals surface area (Å²) in [5.74, 6) is -0.394. The molecule has 168 valence electrons. The van der Waals surface area contributed by atoms with Crippen LogP contribution in [0.1, 0.15) is 26.3 Å². The molecule has 0 aliphatic heterocycles. The number of amides is 2. The molecule has 0 spiro atoms. The molecule has 10 nitrogen and oxygen atoms in total. The van der Waals surface area contributed by atoms with Crippen molar-refractivity contribution in [3.8, 4) is 17.6 Å². The summed E-state index contributed by atoms with van der Waals surface area (Å²) in [5, 5.41) is 25.1. The van der Waals surface area contributed by atoms with E-state index in [1.165, 1.54) is 24.3 Å². The molecule has 0 aliphatic rings. The number of nitriles is 1. The molecule has 0 bridgehead atoms. The van der Waals surface area contributed by atoms with Crippen molar-refractivity contribution in [3.05, 3.63) is 64.2 Å². The first-order valence-electron chi connectivity index (χ1n) is 9.86. The average molecular weight is 440 g/mol. The minimum absolute atomic E-state index is 0.170. The minimum Gasteiger partial charge on any atom is -0.491 e. The van der Waals surface area contributed by atoms with Gasteiger partial charge in [-0.1, -0.05) is 26.0 Å². The average Bonchev–Trinajstić information content (AvgIpc) is 2.76. The van der Waals surface area contributed by atoms with E-state index < -0.39 is 23.0 Å². The Morgan fingerprint density at radius 3 is 2.34 bits per heavy atom. The highest BCUT2D eigenvalue weighted by Gasteiger charge is 2.27. The van der Waals surface area contributed by atoms with Crippen LogP contribution in [0, 0.1) is 27.4 Å². The highest BCUT2D eigenvalue weighted by atomic mass is 16.6. The van der Waals surface area contributed by atoms with E-state index in [1.54, 1.807) is 45.0 Å². The van der Waals surface area contributed by atoms with Gasteiger partial charge in [0.2, 0.25) is 11.7 Å². The van der Waals surface area contributed by atoms with Crippen molar-refractivity contribution in [2.24, 2.45) is 5.92 Å². The van der Waals surface area contributed by atoms with Crippen LogP contribution in [-0.2, 0) is 4.79 Å². The summed E-state index contributed by atoms with van der Waals surface area (Å²) in [6.45, 7) is 5.40. The Balaban J connectivity index is 1.93. The molecular weight excluding hydrogens is 416 g/mol. The number of carbonyl (C=O) groups excluding carboxylic acids is 2. The van der Waals surface area contributed by atoms with Gasteiger partial charge >= 0.3 is 11.8 Å². The Hall–Kier alpha value is -4.13. The van der Waals surface area contributed by atoms with Gasteiger partial charge in [0.1, 0.15) is 18.4 Å². The summed E-state index contributed by atoms with van der Waals surface area (Å²) in [7, 11) is 0.